The molecule has 0 bridgehead atoms. The van der Waals surface area contributed by atoms with Crippen molar-refractivity contribution in [2.45, 2.75) is 31.8 Å². The molecule has 2 amide bonds. The summed E-state index contributed by atoms with van der Waals surface area (Å²) in [5.41, 5.74) is 1.57. The first-order valence-electron chi connectivity index (χ1n) is 8.72. The summed E-state index contributed by atoms with van der Waals surface area (Å²) in [4.78, 5) is 12.1. The number of benzene rings is 2. The third kappa shape index (κ3) is 5.77. The number of halogens is 1. The average Bonchev–Trinajstić information content (AvgIpc) is 2.67. The van der Waals surface area contributed by atoms with Gasteiger partial charge in [-0.05, 0) is 35.4 Å². The molecule has 2 aromatic rings. The normalized spacial score (nSPS) is 11.4. The van der Waals surface area contributed by atoms with Crippen LogP contribution in [0.1, 0.15) is 25.0 Å². The largest absolute Gasteiger partial charge is 0.334 e. The Morgan fingerprint density at radius 1 is 0.889 bits per heavy atom. The second-order valence-corrected chi connectivity index (χ2v) is 7.83. The fraction of sp³-hybridized carbons (Fsp3) is 0.316. The van der Waals surface area contributed by atoms with E-state index in [1.54, 1.807) is 50.2 Å². The molecule has 0 heterocycles. The first-order chi connectivity index (χ1) is 12.9. The Bertz CT molecular complexity index is 849. The summed E-state index contributed by atoms with van der Waals surface area (Å²) in [5, 5.41) is 5.38. The number of rotatable bonds is 8. The zero-order valence-corrected chi connectivity index (χ0v) is 16.2. The molecule has 0 radical (unpaired) electrons. The van der Waals surface area contributed by atoms with E-state index in [0.717, 1.165) is 11.1 Å². The lowest BCUT2D eigenvalue weighted by Crippen LogP contribution is -2.34. The van der Waals surface area contributed by atoms with Crippen LogP contribution in [0, 0.1) is 5.82 Å². The van der Waals surface area contributed by atoms with Crippen LogP contribution < -0.4 is 10.6 Å². The van der Waals surface area contributed by atoms with Gasteiger partial charge in [0.1, 0.15) is 5.82 Å². The highest BCUT2D eigenvalue weighted by Gasteiger charge is 2.21. The van der Waals surface area contributed by atoms with Crippen LogP contribution in [0.25, 0.3) is 0 Å². The minimum Gasteiger partial charge on any atom is -0.334 e. The van der Waals surface area contributed by atoms with E-state index >= 15 is 0 Å². The fourth-order valence-corrected chi connectivity index (χ4v) is 3.98. The van der Waals surface area contributed by atoms with Gasteiger partial charge in [0.2, 0.25) is 10.0 Å². The van der Waals surface area contributed by atoms with Crippen molar-refractivity contribution >= 4 is 16.1 Å². The van der Waals surface area contributed by atoms with Crippen molar-refractivity contribution in [2.75, 3.05) is 13.1 Å². The van der Waals surface area contributed by atoms with Crippen molar-refractivity contribution < 1.29 is 17.6 Å². The molecule has 146 valence electrons. The second kappa shape index (κ2) is 9.48. The maximum atomic E-state index is 12.8. The van der Waals surface area contributed by atoms with Crippen molar-refractivity contribution in [3.63, 3.8) is 0 Å². The van der Waals surface area contributed by atoms with E-state index < -0.39 is 10.0 Å². The number of hydrogen-bond acceptors (Lipinski definition) is 3. The Morgan fingerprint density at radius 3 is 1.78 bits per heavy atom. The minimum absolute atomic E-state index is 0.232. The van der Waals surface area contributed by atoms with E-state index in [4.69, 9.17) is 0 Å². The average molecular weight is 393 g/mol. The molecule has 2 rings (SSSR count). The lowest BCUT2D eigenvalue weighted by atomic mass is 10.2. The molecule has 0 aliphatic rings. The van der Waals surface area contributed by atoms with Gasteiger partial charge in [0.05, 0.1) is 4.90 Å². The Hall–Kier alpha value is -2.45. The number of nitrogens with zero attached hydrogens (tertiary/aromatic N) is 1. The molecule has 0 aliphatic heterocycles. The molecule has 8 heteroatoms. The molecule has 0 aromatic heterocycles. The molecule has 0 saturated heterocycles. The van der Waals surface area contributed by atoms with Gasteiger partial charge in [-0.25, -0.2) is 17.6 Å². The van der Waals surface area contributed by atoms with Crippen LogP contribution in [0.3, 0.4) is 0 Å². The number of sulfonamides is 1. The smallest absolute Gasteiger partial charge is 0.315 e. The predicted molar refractivity (Wildman–Crippen MR) is 102 cm³/mol. The molecular formula is C19H24FN3O3S. The quantitative estimate of drug-likeness (QED) is 0.724. The van der Waals surface area contributed by atoms with Crippen LogP contribution in [0.4, 0.5) is 9.18 Å². The number of carbonyl (C=O) groups is 1. The Kier molecular flexibility index (Phi) is 7.32. The van der Waals surface area contributed by atoms with Crippen LogP contribution in [0.5, 0.6) is 0 Å². The minimum atomic E-state index is -3.48. The van der Waals surface area contributed by atoms with Crippen LogP contribution in [0.2, 0.25) is 0 Å². The van der Waals surface area contributed by atoms with Crippen LogP contribution >= 0.6 is 0 Å². The number of hydrogen-bond donors (Lipinski definition) is 2. The number of nitrogens with one attached hydrogen (secondary N) is 2. The summed E-state index contributed by atoms with van der Waals surface area (Å²) in [5.74, 6) is -0.324. The highest BCUT2D eigenvalue weighted by molar-refractivity contribution is 7.89. The van der Waals surface area contributed by atoms with E-state index in [-0.39, 0.29) is 29.8 Å². The van der Waals surface area contributed by atoms with E-state index in [1.165, 1.54) is 16.4 Å². The van der Waals surface area contributed by atoms with Crippen LogP contribution in [-0.4, -0.2) is 31.8 Å². The molecule has 0 atom stereocenters. The molecule has 2 N–H and O–H groups in total. The molecule has 27 heavy (non-hydrogen) atoms. The highest BCUT2D eigenvalue weighted by atomic mass is 32.2. The molecule has 0 spiro atoms. The second-order valence-electron chi connectivity index (χ2n) is 5.90. The Morgan fingerprint density at radius 2 is 1.33 bits per heavy atom. The highest BCUT2D eigenvalue weighted by Crippen LogP contribution is 2.16. The summed E-state index contributed by atoms with van der Waals surface area (Å²) in [6.45, 7) is 4.97. The molecule has 0 unspecified atom stereocenters. The van der Waals surface area contributed by atoms with Crippen molar-refractivity contribution in [3.05, 3.63) is 65.5 Å². The Labute approximate surface area is 159 Å². The zero-order valence-electron chi connectivity index (χ0n) is 15.4. The van der Waals surface area contributed by atoms with Crippen LogP contribution in [0.15, 0.2) is 53.4 Å². The van der Waals surface area contributed by atoms with Gasteiger partial charge < -0.3 is 10.6 Å². The lowest BCUT2D eigenvalue weighted by Gasteiger charge is -2.18. The number of urea groups is 1. The van der Waals surface area contributed by atoms with Gasteiger partial charge in [0.15, 0.2) is 0 Å². The van der Waals surface area contributed by atoms with Gasteiger partial charge >= 0.3 is 6.03 Å². The van der Waals surface area contributed by atoms with E-state index in [2.05, 4.69) is 10.6 Å². The maximum absolute atomic E-state index is 12.8. The summed E-state index contributed by atoms with van der Waals surface area (Å²) in [6, 6.07) is 12.0. The fourth-order valence-electron chi connectivity index (χ4n) is 2.52. The summed E-state index contributed by atoms with van der Waals surface area (Å²) < 4.78 is 39.1. The molecular weight excluding hydrogens is 369 g/mol. The Balaban J connectivity index is 1.87. The van der Waals surface area contributed by atoms with Crippen molar-refractivity contribution in [3.8, 4) is 0 Å². The molecule has 0 fully saturated rings. The number of amides is 2. The SMILES string of the molecule is CCN(CC)S(=O)(=O)c1ccc(CNC(=O)NCc2ccc(F)cc2)cc1. The topological polar surface area (TPSA) is 78.5 Å². The third-order valence-electron chi connectivity index (χ3n) is 4.09. The lowest BCUT2D eigenvalue weighted by molar-refractivity contribution is 0.240. The monoisotopic (exact) mass is 393 g/mol. The van der Waals surface area contributed by atoms with Crippen molar-refractivity contribution in [1.82, 2.24) is 14.9 Å². The van der Waals surface area contributed by atoms with Gasteiger partial charge in [0, 0.05) is 26.2 Å². The maximum Gasteiger partial charge on any atom is 0.315 e. The first-order valence-corrected chi connectivity index (χ1v) is 10.2. The van der Waals surface area contributed by atoms with Gasteiger partial charge in [0.25, 0.3) is 0 Å². The third-order valence-corrected chi connectivity index (χ3v) is 6.15. The summed E-state index contributed by atoms with van der Waals surface area (Å²) >= 11 is 0. The van der Waals surface area contributed by atoms with Crippen molar-refractivity contribution in [2.24, 2.45) is 0 Å². The van der Waals surface area contributed by atoms with Crippen molar-refractivity contribution in [1.29, 1.82) is 0 Å². The molecule has 2 aromatic carbocycles. The summed E-state index contributed by atoms with van der Waals surface area (Å²) in [6.07, 6.45) is 0. The molecule has 0 saturated carbocycles. The molecule has 0 aliphatic carbocycles. The summed E-state index contributed by atoms with van der Waals surface area (Å²) in [7, 11) is -3.48. The van der Waals surface area contributed by atoms with E-state index in [9.17, 15) is 17.6 Å². The van der Waals surface area contributed by atoms with E-state index in [0.29, 0.717) is 13.1 Å². The van der Waals surface area contributed by atoms with Crippen LogP contribution in [-0.2, 0) is 23.1 Å². The predicted octanol–water partition coefficient (Wildman–Crippen LogP) is 2.86. The number of carbonyl (C=O) groups excluding carboxylic acids is 1. The van der Waals surface area contributed by atoms with Gasteiger partial charge in [-0.2, -0.15) is 4.31 Å². The molecule has 6 nitrogen and oxygen atoms in total. The van der Waals surface area contributed by atoms with Gasteiger partial charge in [-0.15, -0.1) is 0 Å². The standard InChI is InChI=1S/C19H24FN3O3S/c1-3-23(4-2)27(25,26)18-11-7-16(8-12-18)14-22-19(24)21-13-15-5-9-17(20)10-6-15/h5-12H,3-4,13-14H2,1-2H3,(H2,21,22,24). The van der Waals surface area contributed by atoms with Gasteiger partial charge in [-0.1, -0.05) is 38.1 Å². The first kappa shape index (κ1) is 20.9. The van der Waals surface area contributed by atoms with E-state index in [1.807, 2.05) is 0 Å². The van der Waals surface area contributed by atoms with Gasteiger partial charge in [-0.3, -0.25) is 0 Å². The zero-order chi connectivity index (χ0) is 19.9.